The van der Waals surface area contributed by atoms with E-state index in [9.17, 15) is 4.79 Å². The van der Waals surface area contributed by atoms with Crippen molar-refractivity contribution in [1.82, 2.24) is 14.4 Å². The second-order valence-corrected chi connectivity index (χ2v) is 7.47. The van der Waals surface area contributed by atoms with Gasteiger partial charge in [0.1, 0.15) is 11.5 Å². The third-order valence-electron chi connectivity index (χ3n) is 5.08. The summed E-state index contributed by atoms with van der Waals surface area (Å²) < 4.78 is 1.82. The summed E-state index contributed by atoms with van der Waals surface area (Å²) in [6, 6.07) is 18.6. The topological polar surface area (TPSA) is 76.2 Å². The number of carbonyl (C=O) groups is 1. The van der Waals surface area contributed by atoms with Crippen molar-refractivity contribution in [2.45, 2.75) is 6.92 Å². The number of anilines is 1. The maximum Gasteiger partial charge on any atom is 0.211 e. The van der Waals surface area contributed by atoms with Crippen LogP contribution in [0.25, 0.3) is 27.9 Å². The summed E-state index contributed by atoms with van der Waals surface area (Å²) in [5, 5.41) is 0.577. The van der Waals surface area contributed by atoms with Crippen LogP contribution in [-0.4, -0.2) is 20.2 Å². The van der Waals surface area contributed by atoms with Crippen LogP contribution >= 0.6 is 11.6 Å². The average molecular weight is 401 g/mol. The third-order valence-corrected chi connectivity index (χ3v) is 5.33. The molecule has 3 N–H and O–H groups in total. The van der Waals surface area contributed by atoms with E-state index >= 15 is 0 Å². The van der Waals surface area contributed by atoms with E-state index in [1.54, 1.807) is 24.3 Å². The molecule has 0 fully saturated rings. The van der Waals surface area contributed by atoms with Gasteiger partial charge >= 0.3 is 0 Å². The molecule has 6 heteroatoms. The van der Waals surface area contributed by atoms with Gasteiger partial charge in [-0.3, -0.25) is 4.79 Å². The van der Waals surface area contributed by atoms with Gasteiger partial charge in [0.2, 0.25) is 5.78 Å². The van der Waals surface area contributed by atoms with Gasteiger partial charge in [-0.15, -0.1) is 0 Å². The number of hydrogen-bond donors (Lipinski definition) is 2. The van der Waals surface area contributed by atoms with Gasteiger partial charge in [-0.1, -0.05) is 23.7 Å². The number of nitrogens with two attached hydrogens (primary N) is 1. The number of nitrogens with one attached hydrogen (secondary N) is 1. The highest BCUT2D eigenvalue weighted by Gasteiger charge is 2.24. The van der Waals surface area contributed by atoms with Crippen molar-refractivity contribution in [3.63, 3.8) is 0 Å². The summed E-state index contributed by atoms with van der Waals surface area (Å²) in [5.41, 5.74) is 12.3. The summed E-state index contributed by atoms with van der Waals surface area (Å²) in [6.07, 6.45) is 1.84. The molecular formula is C23H17ClN4O. The van der Waals surface area contributed by atoms with Crippen LogP contribution in [0.4, 0.5) is 5.69 Å². The Hall–Kier alpha value is -3.57. The van der Waals surface area contributed by atoms with Gasteiger partial charge in [-0.25, -0.2) is 4.98 Å². The molecular weight excluding hydrogens is 384 g/mol. The number of pyridine rings is 1. The Kier molecular flexibility index (Phi) is 3.93. The van der Waals surface area contributed by atoms with Crippen molar-refractivity contribution in [2.24, 2.45) is 0 Å². The number of aryl methyl sites for hydroxylation is 1. The van der Waals surface area contributed by atoms with E-state index < -0.39 is 0 Å². The minimum atomic E-state index is -0.168. The first kappa shape index (κ1) is 17.5. The lowest BCUT2D eigenvalue weighted by molar-refractivity contribution is 0.103. The first-order valence-electron chi connectivity index (χ1n) is 9.18. The Morgan fingerprint density at radius 3 is 2.69 bits per heavy atom. The number of imidazole rings is 1. The summed E-state index contributed by atoms with van der Waals surface area (Å²) in [7, 11) is 0. The number of H-pyrrole nitrogens is 1. The highest BCUT2D eigenvalue weighted by atomic mass is 35.5. The number of nitrogen functional groups attached to an aromatic ring is 1. The Balaban J connectivity index is 1.75. The van der Waals surface area contributed by atoms with Gasteiger partial charge < -0.3 is 15.1 Å². The SMILES string of the molecule is Cc1ccc2nc(-c3c(N)c(C(=O)c4ccc(Cl)cc4)n4ccccc34)[nH]c2c1. The fourth-order valence-electron chi connectivity index (χ4n) is 3.69. The third kappa shape index (κ3) is 2.79. The quantitative estimate of drug-likeness (QED) is 0.406. The number of hydrogen-bond acceptors (Lipinski definition) is 3. The van der Waals surface area contributed by atoms with Crippen LogP contribution in [0, 0.1) is 6.92 Å². The molecule has 29 heavy (non-hydrogen) atoms. The standard InChI is InChI=1S/C23H17ClN4O/c1-13-5-10-16-17(12-13)27-23(26-16)19-18-4-2-3-11-28(18)21(20(19)25)22(29)14-6-8-15(24)9-7-14/h2-12H,25H2,1H3,(H,26,27). The number of ketones is 1. The zero-order chi connectivity index (χ0) is 20.1. The molecule has 0 unspecified atom stereocenters. The van der Waals surface area contributed by atoms with Gasteiger partial charge in [0.05, 0.1) is 27.8 Å². The summed E-state index contributed by atoms with van der Waals surface area (Å²) >= 11 is 5.97. The number of carbonyl (C=O) groups excluding carboxylic acids is 1. The van der Waals surface area contributed by atoms with Crippen molar-refractivity contribution in [3.05, 3.63) is 88.7 Å². The number of aromatic nitrogens is 3. The number of rotatable bonds is 3. The summed E-state index contributed by atoms with van der Waals surface area (Å²) in [5.74, 6) is 0.473. The molecule has 0 saturated heterocycles. The molecule has 0 spiro atoms. The maximum absolute atomic E-state index is 13.3. The largest absolute Gasteiger partial charge is 0.396 e. The van der Waals surface area contributed by atoms with E-state index in [4.69, 9.17) is 22.3 Å². The van der Waals surface area contributed by atoms with Gasteiger partial charge in [0.25, 0.3) is 0 Å². The molecule has 3 aromatic heterocycles. The minimum absolute atomic E-state index is 0.168. The second-order valence-electron chi connectivity index (χ2n) is 7.04. The van der Waals surface area contributed by atoms with E-state index in [-0.39, 0.29) is 5.78 Å². The van der Waals surface area contributed by atoms with Crippen molar-refractivity contribution >= 4 is 39.6 Å². The molecule has 2 aromatic carbocycles. The molecule has 5 aromatic rings. The Bertz CT molecular complexity index is 1400. The van der Waals surface area contributed by atoms with E-state index in [0.717, 1.165) is 27.7 Å². The Labute approximate surface area is 171 Å². The first-order chi connectivity index (χ1) is 14.0. The lowest BCUT2D eigenvalue weighted by Crippen LogP contribution is -2.07. The average Bonchev–Trinajstić information content (AvgIpc) is 3.25. The fraction of sp³-hybridized carbons (Fsp3) is 0.0435. The number of halogens is 1. The normalized spacial score (nSPS) is 11.4. The summed E-state index contributed by atoms with van der Waals surface area (Å²) in [6.45, 7) is 2.03. The monoisotopic (exact) mass is 400 g/mol. The molecule has 0 bridgehead atoms. The van der Waals surface area contributed by atoms with Gasteiger partial charge in [-0.2, -0.15) is 0 Å². The Morgan fingerprint density at radius 2 is 1.90 bits per heavy atom. The first-order valence-corrected chi connectivity index (χ1v) is 9.56. The molecule has 0 aliphatic carbocycles. The molecule has 3 heterocycles. The van der Waals surface area contributed by atoms with Crippen LogP contribution in [0.5, 0.6) is 0 Å². The van der Waals surface area contributed by atoms with Gasteiger partial charge in [0, 0.05) is 16.8 Å². The highest BCUT2D eigenvalue weighted by molar-refractivity contribution is 6.30. The highest BCUT2D eigenvalue weighted by Crippen LogP contribution is 2.36. The maximum atomic E-state index is 13.3. The number of fused-ring (bicyclic) bond motifs is 2. The van der Waals surface area contributed by atoms with E-state index in [1.807, 2.05) is 53.9 Å². The van der Waals surface area contributed by atoms with Crippen molar-refractivity contribution in [2.75, 3.05) is 5.73 Å². The van der Waals surface area contributed by atoms with Crippen molar-refractivity contribution in [1.29, 1.82) is 0 Å². The molecule has 0 aliphatic heterocycles. The van der Waals surface area contributed by atoms with Crippen LogP contribution in [0.2, 0.25) is 5.02 Å². The van der Waals surface area contributed by atoms with Crippen LogP contribution in [0.15, 0.2) is 66.9 Å². The van der Waals surface area contributed by atoms with E-state index in [2.05, 4.69) is 4.98 Å². The van der Waals surface area contributed by atoms with Crippen molar-refractivity contribution < 1.29 is 4.79 Å². The molecule has 0 atom stereocenters. The van der Waals surface area contributed by atoms with Crippen molar-refractivity contribution in [3.8, 4) is 11.4 Å². The lowest BCUT2D eigenvalue weighted by atomic mass is 10.1. The second kappa shape index (κ2) is 6.50. The predicted octanol–water partition coefficient (Wildman–Crippen LogP) is 5.26. The zero-order valence-corrected chi connectivity index (χ0v) is 16.4. The molecule has 0 saturated carbocycles. The fourth-order valence-corrected chi connectivity index (χ4v) is 3.81. The van der Waals surface area contributed by atoms with Crippen LogP contribution in [-0.2, 0) is 0 Å². The molecule has 0 radical (unpaired) electrons. The van der Waals surface area contributed by atoms with Gasteiger partial charge in [-0.05, 0) is 61.0 Å². The smallest absolute Gasteiger partial charge is 0.211 e. The number of nitrogens with zero attached hydrogens (tertiary/aromatic N) is 2. The van der Waals surface area contributed by atoms with Crippen LogP contribution < -0.4 is 5.73 Å². The minimum Gasteiger partial charge on any atom is -0.396 e. The predicted molar refractivity (Wildman–Crippen MR) is 117 cm³/mol. The number of aromatic amines is 1. The van der Waals surface area contributed by atoms with E-state index in [1.165, 1.54) is 0 Å². The van der Waals surface area contributed by atoms with E-state index in [0.29, 0.717) is 27.8 Å². The number of benzene rings is 2. The molecule has 5 nitrogen and oxygen atoms in total. The molecule has 5 rings (SSSR count). The molecule has 142 valence electrons. The zero-order valence-electron chi connectivity index (χ0n) is 15.6. The molecule has 0 aliphatic rings. The lowest BCUT2D eigenvalue weighted by Gasteiger charge is -2.04. The van der Waals surface area contributed by atoms with Crippen LogP contribution in [0.3, 0.4) is 0 Å². The molecule has 0 amide bonds. The summed E-state index contributed by atoms with van der Waals surface area (Å²) in [4.78, 5) is 21.3. The Morgan fingerprint density at radius 1 is 1.10 bits per heavy atom. The van der Waals surface area contributed by atoms with Gasteiger partial charge in [0.15, 0.2) is 0 Å². The van der Waals surface area contributed by atoms with Crippen LogP contribution in [0.1, 0.15) is 21.6 Å².